The summed E-state index contributed by atoms with van der Waals surface area (Å²) in [5.41, 5.74) is 9.47. The van der Waals surface area contributed by atoms with Crippen molar-refractivity contribution >= 4 is 0 Å². The van der Waals surface area contributed by atoms with Crippen molar-refractivity contribution in [2.24, 2.45) is 5.73 Å². The zero-order valence-corrected chi connectivity index (χ0v) is 14.3. The second-order valence-electron chi connectivity index (χ2n) is 5.73. The van der Waals surface area contributed by atoms with Gasteiger partial charge in [0.1, 0.15) is 0 Å². The molecule has 1 aromatic heterocycles. The van der Waals surface area contributed by atoms with Crippen LogP contribution in [0.4, 0.5) is 0 Å². The van der Waals surface area contributed by atoms with Crippen LogP contribution in [0.3, 0.4) is 0 Å². The van der Waals surface area contributed by atoms with E-state index in [2.05, 4.69) is 16.0 Å². The topological polar surface area (TPSA) is 69.8 Å². The Morgan fingerprint density at radius 3 is 2.58 bits per heavy atom. The number of methoxy groups -OCH3 is 3. The van der Waals surface area contributed by atoms with Crippen LogP contribution in [-0.2, 0) is 13.1 Å². The fraction of sp³-hybridized carbons (Fsp3) is 0.389. The quantitative estimate of drug-likeness (QED) is 0.875. The molecule has 1 aliphatic rings. The van der Waals surface area contributed by atoms with Crippen LogP contribution in [0.25, 0.3) is 0 Å². The number of nitrogens with zero attached hydrogens (tertiary/aromatic N) is 2. The summed E-state index contributed by atoms with van der Waals surface area (Å²) in [6, 6.07) is 6.14. The van der Waals surface area contributed by atoms with E-state index in [0.717, 1.165) is 35.5 Å². The number of rotatable bonds is 6. The minimum atomic E-state index is 0.105. The lowest BCUT2D eigenvalue weighted by Gasteiger charge is -2.23. The highest BCUT2D eigenvalue weighted by Crippen LogP contribution is 2.48. The molecule has 2 N–H and O–H groups in total. The van der Waals surface area contributed by atoms with Gasteiger partial charge in [0.05, 0.1) is 21.3 Å². The van der Waals surface area contributed by atoms with Gasteiger partial charge >= 0.3 is 0 Å². The fourth-order valence-corrected chi connectivity index (χ4v) is 3.37. The summed E-state index contributed by atoms with van der Waals surface area (Å²) in [7, 11) is 4.90. The van der Waals surface area contributed by atoms with Gasteiger partial charge in [-0.15, -0.1) is 0 Å². The van der Waals surface area contributed by atoms with Gasteiger partial charge in [-0.1, -0.05) is 6.07 Å². The summed E-state index contributed by atoms with van der Waals surface area (Å²) < 4.78 is 16.6. The maximum atomic E-state index is 6.08. The highest BCUT2D eigenvalue weighted by molar-refractivity contribution is 5.61. The molecule has 2 heterocycles. The molecule has 3 rings (SSSR count). The molecule has 1 atom stereocenters. The number of ether oxygens (including phenoxy) is 3. The van der Waals surface area contributed by atoms with E-state index in [0.29, 0.717) is 18.0 Å². The predicted molar refractivity (Wildman–Crippen MR) is 91.4 cm³/mol. The van der Waals surface area contributed by atoms with Crippen LogP contribution < -0.4 is 19.9 Å². The molecule has 0 saturated carbocycles. The Labute approximate surface area is 142 Å². The third kappa shape index (κ3) is 2.79. The summed E-state index contributed by atoms with van der Waals surface area (Å²) in [6.07, 6.45) is 3.66. The predicted octanol–water partition coefficient (Wildman–Crippen LogP) is 2.12. The first kappa shape index (κ1) is 16.5. The molecule has 6 heteroatoms. The van der Waals surface area contributed by atoms with Crippen molar-refractivity contribution in [1.29, 1.82) is 0 Å². The summed E-state index contributed by atoms with van der Waals surface area (Å²) in [6.45, 7) is 2.04. The first-order chi connectivity index (χ1) is 11.7. The Bertz CT molecular complexity index is 706. The van der Waals surface area contributed by atoms with E-state index < -0.39 is 0 Å². The van der Waals surface area contributed by atoms with E-state index in [1.807, 2.05) is 18.3 Å². The largest absolute Gasteiger partial charge is 0.493 e. The summed E-state index contributed by atoms with van der Waals surface area (Å²) in [5.74, 6) is 2.01. The van der Waals surface area contributed by atoms with Gasteiger partial charge in [0.2, 0.25) is 5.75 Å². The van der Waals surface area contributed by atoms with E-state index in [-0.39, 0.29) is 6.04 Å². The van der Waals surface area contributed by atoms with Gasteiger partial charge in [-0.25, -0.2) is 0 Å². The number of fused-ring (bicyclic) bond motifs is 1. The Hall–Kier alpha value is -2.31. The highest BCUT2D eigenvalue weighted by atomic mass is 16.5. The van der Waals surface area contributed by atoms with Crippen LogP contribution in [0.2, 0.25) is 0 Å². The van der Waals surface area contributed by atoms with E-state index in [1.165, 1.54) is 0 Å². The van der Waals surface area contributed by atoms with E-state index >= 15 is 0 Å². The monoisotopic (exact) mass is 329 g/mol. The zero-order valence-electron chi connectivity index (χ0n) is 14.3. The third-order valence-corrected chi connectivity index (χ3v) is 4.46. The molecule has 24 heavy (non-hydrogen) atoms. The Kier molecular flexibility index (Phi) is 4.87. The lowest BCUT2D eigenvalue weighted by Crippen LogP contribution is -2.27. The molecule has 0 radical (unpaired) electrons. The number of nitrogens with two attached hydrogens (primary N) is 1. The van der Waals surface area contributed by atoms with Crippen LogP contribution in [0.15, 0.2) is 30.6 Å². The summed E-state index contributed by atoms with van der Waals surface area (Å²) in [4.78, 5) is 6.52. The standard InChI is InChI=1S/C18H23N3O3/c1-22-16-7-13-14(17(23-2)18(16)24-3)11-21(15(13)8-19)10-12-5-4-6-20-9-12/h4-7,9,15H,8,10-11,19H2,1-3H3. The molecule has 0 spiro atoms. The van der Waals surface area contributed by atoms with Gasteiger partial charge < -0.3 is 19.9 Å². The summed E-state index contributed by atoms with van der Waals surface area (Å²) >= 11 is 0. The van der Waals surface area contributed by atoms with Crippen LogP contribution in [-0.4, -0.2) is 37.8 Å². The first-order valence-corrected chi connectivity index (χ1v) is 7.88. The number of benzene rings is 1. The van der Waals surface area contributed by atoms with Crippen LogP contribution in [0.1, 0.15) is 22.7 Å². The van der Waals surface area contributed by atoms with Gasteiger partial charge in [0, 0.05) is 43.6 Å². The second kappa shape index (κ2) is 7.07. The normalized spacial score (nSPS) is 16.8. The van der Waals surface area contributed by atoms with Crippen molar-refractivity contribution < 1.29 is 14.2 Å². The number of pyridine rings is 1. The van der Waals surface area contributed by atoms with Crippen LogP contribution >= 0.6 is 0 Å². The molecule has 0 aliphatic carbocycles. The van der Waals surface area contributed by atoms with Gasteiger partial charge in [-0.3, -0.25) is 9.88 Å². The SMILES string of the molecule is COc1cc2c(c(OC)c1OC)CN(Cc1cccnc1)C2CN. The molecule has 1 aliphatic heterocycles. The van der Waals surface area contributed by atoms with E-state index in [4.69, 9.17) is 19.9 Å². The molecule has 6 nitrogen and oxygen atoms in total. The van der Waals surface area contributed by atoms with E-state index in [9.17, 15) is 0 Å². The molecule has 1 unspecified atom stereocenters. The smallest absolute Gasteiger partial charge is 0.203 e. The molecule has 0 amide bonds. The molecule has 128 valence electrons. The fourth-order valence-electron chi connectivity index (χ4n) is 3.37. The minimum Gasteiger partial charge on any atom is -0.493 e. The average molecular weight is 329 g/mol. The van der Waals surface area contributed by atoms with Gasteiger partial charge in [-0.2, -0.15) is 0 Å². The lowest BCUT2D eigenvalue weighted by atomic mass is 10.0. The maximum absolute atomic E-state index is 6.08. The Balaban J connectivity index is 2.00. The van der Waals surface area contributed by atoms with E-state index in [1.54, 1.807) is 27.5 Å². The third-order valence-electron chi connectivity index (χ3n) is 4.46. The maximum Gasteiger partial charge on any atom is 0.203 e. The molecule has 0 fully saturated rings. The molecule has 2 aromatic rings. The van der Waals surface area contributed by atoms with Crippen molar-refractivity contribution in [3.63, 3.8) is 0 Å². The van der Waals surface area contributed by atoms with Crippen LogP contribution in [0.5, 0.6) is 17.2 Å². The molecule has 0 bridgehead atoms. The van der Waals surface area contributed by atoms with Gasteiger partial charge in [0.25, 0.3) is 0 Å². The van der Waals surface area contributed by atoms with Crippen LogP contribution in [0, 0.1) is 0 Å². The van der Waals surface area contributed by atoms with Crippen molar-refractivity contribution in [3.8, 4) is 17.2 Å². The number of hydrogen-bond donors (Lipinski definition) is 1. The molecular formula is C18H23N3O3. The molecule has 1 aromatic carbocycles. The first-order valence-electron chi connectivity index (χ1n) is 7.88. The van der Waals surface area contributed by atoms with Crippen molar-refractivity contribution in [3.05, 3.63) is 47.3 Å². The Morgan fingerprint density at radius 2 is 2.00 bits per heavy atom. The van der Waals surface area contributed by atoms with Crippen molar-refractivity contribution in [1.82, 2.24) is 9.88 Å². The Morgan fingerprint density at radius 1 is 1.21 bits per heavy atom. The molecule has 0 saturated heterocycles. The lowest BCUT2D eigenvalue weighted by molar-refractivity contribution is 0.209. The zero-order chi connectivity index (χ0) is 17.1. The number of aromatic nitrogens is 1. The minimum absolute atomic E-state index is 0.105. The molecular weight excluding hydrogens is 306 g/mol. The summed E-state index contributed by atoms with van der Waals surface area (Å²) in [5, 5.41) is 0. The second-order valence-corrected chi connectivity index (χ2v) is 5.73. The van der Waals surface area contributed by atoms with Crippen molar-refractivity contribution in [2.75, 3.05) is 27.9 Å². The average Bonchev–Trinajstić information content (AvgIpc) is 2.97. The number of hydrogen-bond acceptors (Lipinski definition) is 6. The van der Waals surface area contributed by atoms with Gasteiger partial charge in [0.15, 0.2) is 11.5 Å². The highest BCUT2D eigenvalue weighted by Gasteiger charge is 2.34. The van der Waals surface area contributed by atoms with Crippen molar-refractivity contribution in [2.45, 2.75) is 19.1 Å². The van der Waals surface area contributed by atoms with Gasteiger partial charge in [-0.05, 0) is 23.3 Å².